The van der Waals surface area contributed by atoms with Crippen LogP contribution in [0.4, 0.5) is 10.6 Å². The molecule has 3 rings (SSSR count). The molecule has 0 saturated heterocycles. The van der Waals surface area contributed by atoms with E-state index in [4.69, 9.17) is 4.74 Å². The van der Waals surface area contributed by atoms with Gasteiger partial charge in [-0.05, 0) is 40.5 Å². The van der Waals surface area contributed by atoms with Crippen molar-refractivity contribution in [3.63, 3.8) is 0 Å². The lowest BCUT2D eigenvalue weighted by Crippen LogP contribution is -2.46. The minimum Gasteiger partial charge on any atom is -0.503 e. The molecule has 0 saturated carbocycles. The Labute approximate surface area is 149 Å². The number of phenolic OH excluding ortho intramolecular Hbond substituents is 1. The predicted molar refractivity (Wildman–Crippen MR) is 93.3 cm³/mol. The van der Waals surface area contributed by atoms with Gasteiger partial charge in [0.1, 0.15) is 5.82 Å². The average molecular weight is 411 g/mol. The van der Waals surface area contributed by atoms with Crippen LogP contribution in [-0.2, 0) is 7.05 Å². The third kappa shape index (κ3) is 2.88. The number of carbonyl (C=O) groups excluding carboxylic acids is 1. The van der Waals surface area contributed by atoms with E-state index in [1.165, 1.54) is 13.1 Å². The zero-order chi connectivity index (χ0) is 18.3. The zero-order valence-electron chi connectivity index (χ0n) is 13.3. The van der Waals surface area contributed by atoms with Crippen molar-refractivity contribution >= 4 is 27.8 Å². The third-order valence-corrected chi connectivity index (χ3v) is 4.44. The van der Waals surface area contributed by atoms with Crippen LogP contribution in [0.15, 0.2) is 26.2 Å². The van der Waals surface area contributed by atoms with Crippen molar-refractivity contribution in [3.8, 4) is 11.5 Å². The van der Waals surface area contributed by atoms with Crippen LogP contribution >= 0.6 is 15.9 Å². The summed E-state index contributed by atoms with van der Waals surface area (Å²) in [7, 11) is 1.44. The number of nitrogens with zero attached hydrogens (tertiary/aromatic N) is 1. The molecule has 132 valence electrons. The normalized spacial score (nSPS) is 16.0. The number of carbonyl (C=O) groups is 1. The number of H-pyrrole nitrogens is 1. The van der Waals surface area contributed by atoms with Gasteiger partial charge in [-0.25, -0.2) is 9.59 Å². The highest BCUT2D eigenvalue weighted by atomic mass is 79.9. The molecule has 1 aliphatic heterocycles. The molecule has 0 aliphatic carbocycles. The molecule has 0 bridgehead atoms. The van der Waals surface area contributed by atoms with Crippen molar-refractivity contribution in [2.75, 3.05) is 11.9 Å². The Bertz CT molecular complexity index is 981. The third-order valence-electron chi connectivity index (χ3n) is 3.84. The van der Waals surface area contributed by atoms with Crippen molar-refractivity contribution < 1.29 is 14.6 Å². The molecule has 2 amide bonds. The molecule has 4 N–H and O–H groups in total. The fourth-order valence-electron chi connectivity index (χ4n) is 2.68. The van der Waals surface area contributed by atoms with E-state index in [1.807, 2.05) is 0 Å². The maximum Gasteiger partial charge on any atom is 0.329 e. The van der Waals surface area contributed by atoms with Crippen molar-refractivity contribution in [1.29, 1.82) is 0 Å². The fraction of sp³-hybridized carbons (Fsp3) is 0.267. The van der Waals surface area contributed by atoms with E-state index in [1.54, 1.807) is 13.0 Å². The smallest absolute Gasteiger partial charge is 0.329 e. The van der Waals surface area contributed by atoms with Gasteiger partial charge in [0, 0.05) is 7.05 Å². The summed E-state index contributed by atoms with van der Waals surface area (Å²) < 4.78 is 6.89. The number of fused-ring (bicyclic) bond motifs is 1. The first-order valence-corrected chi connectivity index (χ1v) is 8.18. The minimum atomic E-state index is -0.824. The van der Waals surface area contributed by atoms with E-state index < -0.39 is 23.3 Å². The number of halogens is 1. The number of aromatic nitrogens is 2. The highest BCUT2D eigenvalue weighted by molar-refractivity contribution is 9.10. The molecular formula is C15H15BrN4O5. The Morgan fingerprint density at radius 2 is 2.04 bits per heavy atom. The van der Waals surface area contributed by atoms with Gasteiger partial charge in [0.25, 0.3) is 5.56 Å². The highest BCUT2D eigenvalue weighted by Crippen LogP contribution is 2.39. The van der Waals surface area contributed by atoms with Crippen LogP contribution in [0, 0.1) is 0 Å². The number of urea groups is 1. The number of rotatable bonds is 3. The Hall–Kier alpha value is -2.75. The van der Waals surface area contributed by atoms with Gasteiger partial charge in [-0.2, -0.15) is 0 Å². The van der Waals surface area contributed by atoms with Crippen LogP contribution in [0.1, 0.15) is 24.1 Å². The summed E-state index contributed by atoms with van der Waals surface area (Å²) >= 11 is 3.23. The molecule has 1 aromatic carbocycles. The number of aromatic hydroxyl groups is 1. The number of aromatic amines is 1. The Kier molecular flexibility index (Phi) is 4.29. The topological polar surface area (TPSA) is 125 Å². The first kappa shape index (κ1) is 17.1. The second kappa shape index (κ2) is 6.28. The molecule has 0 radical (unpaired) electrons. The maximum atomic E-state index is 12.3. The molecule has 1 atom stereocenters. The summed E-state index contributed by atoms with van der Waals surface area (Å²) in [6.07, 6.45) is 0. The van der Waals surface area contributed by atoms with Crippen molar-refractivity contribution in [2.24, 2.45) is 7.05 Å². The van der Waals surface area contributed by atoms with Crippen LogP contribution in [0.2, 0.25) is 0 Å². The number of ether oxygens (including phenoxy) is 1. The summed E-state index contributed by atoms with van der Waals surface area (Å²) in [6, 6.07) is 1.73. The number of benzene rings is 1. The number of hydrogen-bond acceptors (Lipinski definition) is 5. The Morgan fingerprint density at radius 1 is 1.32 bits per heavy atom. The minimum absolute atomic E-state index is 0.0829. The number of amides is 2. The number of phenols is 1. The molecule has 1 aliphatic rings. The molecule has 10 heteroatoms. The summed E-state index contributed by atoms with van der Waals surface area (Å²) in [5.41, 5.74) is -0.556. The fourth-order valence-corrected chi connectivity index (χ4v) is 3.14. The molecule has 9 nitrogen and oxygen atoms in total. The highest BCUT2D eigenvalue weighted by Gasteiger charge is 2.31. The summed E-state index contributed by atoms with van der Waals surface area (Å²) in [5.74, 6) is 0.243. The van der Waals surface area contributed by atoms with E-state index in [-0.39, 0.29) is 22.9 Å². The van der Waals surface area contributed by atoms with E-state index in [9.17, 15) is 19.5 Å². The average Bonchev–Trinajstić information content (AvgIpc) is 2.56. The van der Waals surface area contributed by atoms with Gasteiger partial charge in [0.2, 0.25) is 0 Å². The SMILES string of the molecule is CCOc1cc(C2NC(=O)Nc3c2c(=O)[nH]c(=O)n3C)cc(Br)c1O. The standard InChI is InChI=1S/C15H15BrN4O5/c1-3-25-8-5-6(4-7(16)11(8)21)10-9-12(18-14(23)17-10)20(2)15(24)19-13(9)22/h4-5,10,21H,3H2,1-2H3,(H2,17,18,23)(H,19,22,24). The Morgan fingerprint density at radius 3 is 2.72 bits per heavy atom. The molecule has 2 aromatic rings. The summed E-state index contributed by atoms with van der Waals surface area (Å²) in [4.78, 5) is 38.3. The molecule has 25 heavy (non-hydrogen) atoms. The first-order valence-electron chi connectivity index (χ1n) is 7.39. The van der Waals surface area contributed by atoms with Gasteiger partial charge in [0.15, 0.2) is 11.5 Å². The second-order valence-electron chi connectivity index (χ2n) is 5.39. The molecule has 1 unspecified atom stereocenters. The van der Waals surface area contributed by atoms with Crippen molar-refractivity contribution in [2.45, 2.75) is 13.0 Å². The van der Waals surface area contributed by atoms with E-state index in [0.29, 0.717) is 16.6 Å². The van der Waals surface area contributed by atoms with E-state index in [0.717, 1.165) is 4.57 Å². The van der Waals surface area contributed by atoms with Gasteiger partial charge in [-0.15, -0.1) is 0 Å². The number of anilines is 1. The lowest BCUT2D eigenvalue weighted by atomic mass is 9.98. The molecular weight excluding hydrogens is 396 g/mol. The van der Waals surface area contributed by atoms with Crippen molar-refractivity contribution in [1.82, 2.24) is 14.9 Å². The van der Waals surface area contributed by atoms with Gasteiger partial charge < -0.3 is 15.2 Å². The monoisotopic (exact) mass is 410 g/mol. The van der Waals surface area contributed by atoms with Crippen LogP contribution < -0.4 is 26.6 Å². The van der Waals surface area contributed by atoms with Gasteiger partial charge in [-0.1, -0.05) is 0 Å². The second-order valence-corrected chi connectivity index (χ2v) is 6.25. The number of hydrogen-bond donors (Lipinski definition) is 4. The zero-order valence-corrected chi connectivity index (χ0v) is 14.9. The Balaban J connectivity index is 2.24. The van der Waals surface area contributed by atoms with Crippen LogP contribution in [0.5, 0.6) is 11.5 Å². The van der Waals surface area contributed by atoms with Crippen molar-refractivity contribution in [3.05, 3.63) is 48.6 Å². The van der Waals surface area contributed by atoms with Gasteiger partial charge in [-0.3, -0.25) is 19.7 Å². The lowest BCUT2D eigenvalue weighted by Gasteiger charge is -2.28. The van der Waals surface area contributed by atoms with E-state index >= 15 is 0 Å². The van der Waals surface area contributed by atoms with Crippen LogP contribution in [-0.4, -0.2) is 27.3 Å². The summed E-state index contributed by atoms with van der Waals surface area (Å²) in [6.45, 7) is 2.09. The molecule has 0 fully saturated rings. The maximum absolute atomic E-state index is 12.3. The quantitative estimate of drug-likeness (QED) is 0.604. The lowest BCUT2D eigenvalue weighted by molar-refractivity contribution is 0.248. The van der Waals surface area contributed by atoms with Gasteiger partial charge >= 0.3 is 11.7 Å². The van der Waals surface area contributed by atoms with Crippen LogP contribution in [0.3, 0.4) is 0 Å². The molecule has 0 spiro atoms. The van der Waals surface area contributed by atoms with Gasteiger partial charge in [0.05, 0.1) is 22.7 Å². The molecule has 2 heterocycles. The largest absolute Gasteiger partial charge is 0.503 e. The van der Waals surface area contributed by atoms with Crippen LogP contribution in [0.25, 0.3) is 0 Å². The first-order chi connectivity index (χ1) is 11.8. The summed E-state index contributed by atoms with van der Waals surface area (Å²) in [5, 5.41) is 15.2. The van der Waals surface area contributed by atoms with E-state index in [2.05, 4.69) is 31.5 Å². The predicted octanol–water partition coefficient (Wildman–Crippen LogP) is 1.16. The molecule has 1 aromatic heterocycles. The number of nitrogens with one attached hydrogen (secondary N) is 3.